The van der Waals surface area contributed by atoms with Gasteiger partial charge in [-0.1, -0.05) is 78.9 Å². The highest BCUT2D eigenvalue weighted by molar-refractivity contribution is 6.61. The first-order valence-electron chi connectivity index (χ1n) is 7.61. The van der Waals surface area contributed by atoms with Gasteiger partial charge >= 0.3 is 7.12 Å². The van der Waals surface area contributed by atoms with Crippen molar-refractivity contribution >= 4 is 34.1 Å². The molecule has 110 valence electrons. The van der Waals surface area contributed by atoms with Crippen molar-refractivity contribution in [2.45, 2.75) is 0 Å². The van der Waals surface area contributed by atoms with Crippen LogP contribution in [-0.2, 0) is 0 Å². The summed E-state index contributed by atoms with van der Waals surface area (Å²) in [7, 11) is -1.51. The lowest BCUT2D eigenvalue weighted by Gasteiger charge is -2.15. The van der Waals surface area contributed by atoms with Gasteiger partial charge in [0.05, 0.1) is 0 Å². The predicted molar refractivity (Wildman–Crippen MR) is 96.7 cm³/mol. The largest absolute Gasteiger partial charge is 0.489 e. The van der Waals surface area contributed by atoms with E-state index in [9.17, 15) is 10.0 Å². The van der Waals surface area contributed by atoms with Crippen molar-refractivity contribution in [3.05, 3.63) is 78.9 Å². The number of rotatable bonds is 2. The molecule has 2 N–H and O–H groups in total. The summed E-state index contributed by atoms with van der Waals surface area (Å²) in [5.74, 6) is 0. The van der Waals surface area contributed by atoms with Crippen LogP contribution in [0.4, 0.5) is 0 Å². The zero-order valence-corrected chi connectivity index (χ0v) is 12.5. The molecule has 0 bridgehead atoms. The van der Waals surface area contributed by atoms with E-state index >= 15 is 0 Å². The average Bonchev–Trinajstić information content (AvgIpc) is 2.60. The molecule has 0 aromatic heterocycles. The van der Waals surface area contributed by atoms with E-state index in [-0.39, 0.29) is 0 Å². The van der Waals surface area contributed by atoms with Crippen LogP contribution in [-0.4, -0.2) is 17.2 Å². The van der Waals surface area contributed by atoms with Gasteiger partial charge in [0.2, 0.25) is 0 Å². The molecule has 0 spiro atoms. The van der Waals surface area contributed by atoms with Gasteiger partial charge in [-0.2, -0.15) is 0 Å². The smallest absolute Gasteiger partial charge is 0.423 e. The summed E-state index contributed by atoms with van der Waals surface area (Å²) in [5, 5.41) is 24.1. The molecule has 0 unspecified atom stereocenters. The molecular weight excluding hydrogens is 283 g/mol. The number of hydrogen-bond donors (Lipinski definition) is 2. The molecule has 4 rings (SSSR count). The third-order valence-electron chi connectivity index (χ3n) is 4.30. The number of fused-ring (bicyclic) bond motifs is 2. The van der Waals surface area contributed by atoms with Gasteiger partial charge in [0.25, 0.3) is 0 Å². The first kappa shape index (κ1) is 14.0. The average molecular weight is 298 g/mol. The first-order valence-corrected chi connectivity index (χ1v) is 7.61. The molecule has 0 radical (unpaired) electrons. The van der Waals surface area contributed by atoms with Crippen LogP contribution in [0, 0.1) is 0 Å². The standard InChI is InChI=1S/C20H15BO2/c22-21(23)19-13-12-15-7-2-4-10-17(15)20(19)18-11-5-8-14-6-1-3-9-16(14)18/h1-13,22-23H. The van der Waals surface area contributed by atoms with Gasteiger partial charge in [-0.3, -0.25) is 0 Å². The highest BCUT2D eigenvalue weighted by Gasteiger charge is 2.20. The van der Waals surface area contributed by atoms with Crippen LogP contribution in [0.1, 0.15) is 0 Å². The molecule has 3 heteroatoms. The van der Waals surface area contributed by atoms with Crippen LogP contribution in [0.15, 0.2) is 78.9 Å². The second-order valence-electron chi connectivity index (χ2n) is 5.65. The molecule has 0 amide bonds. The van der Waals surface area contributed by atoms with Gasteiger partial charge in [-0.25, -0.2) is 0 Å². The maximum Gasteiger partial charge on any atom is 0.489 e. The van der Waals surface area contributed by atoms with Crippen molar-refractivity contribution in [2.24, 2.45) is 0 Å². The van der Waals surface area contributed by atoms with Crippen molar-refractivity contribution in [1.82, 2.24) is 0 Å². The summed E-state index contributed by atoms with van der Waals surface area (Å²) < 4.78 is 0. The van der Waals surface area contributed by atoms with Crippen LogP contribution in [0.2, 0.25) is 0 Å². The van der Waals surface area contributed by atoms with Crippen LogP contribution >= 0.6 is 0 Å². The van der Waals surface area contributed by atoms with Gasteiger partial charge in [-0.15, -0.1) is 0 Å². The molecule has 0 aliphatic heterocycles. The molecule has 0 aliphatic rings. The second kappa shape index (κ2) is 5.54. The summed E-state index contributed by atoms with van der Waals surface area (Å²) >= 11 is 0. The van der Waals surface area contributed by atoms with Gasteiger partial charge < -0.3 is 10.0 Å². The maximum atomic E-state index is 9.85. The molecule has 0 saturated carbocycles. The Kier molecular flexibility index (Phi) is 3.38. The maximum absolute atomic E-state index is 9.85. The third-order valence-corrected chi connectivity index (χ3v) is 4.30. The van der Waals surface area contributed by atoms with E-state index in [4.69, 9.17) is 0 Å². The van der Waals surface area contributed by atoms with Crippen molar-refractivity contribution < 1.29 is 10.0 Å². The van der Waals surface area contributed by atoms with Crippen LogP contribution < -0.4 is 5.46 Å². The molecule has 0 saturated heterocycles. The SMILES string of the molecule is OB(O)c1ccc2ccccc2c1-c1cccc2ccccc12. The van der Waals surface area contributed by atoms with E-state index in [1.807, 2.05) is 54.6 Å². The zero-order valence-electron chi connectivity index (χ0n) is 12.5. The van der Waals surface area contributed by atoms with E-state index in [0.717, 1.165) is 32.7 Å². The normalized spacial score (nSPS) is 11.0. The quantitative estimate of drug-likeness (QED) is 0.557. The Morgan fingerprint density at radius 3 is 1.91 bits per heavy atom. The van der Waals surface area contributed by atoms with E-state index in [1.165, 1.54) is 0 Å². The summed E-state index contributed by atoms with van der Waals surface area (Å²) in [6.07, 6.45) is 0. The first-order chi connectivity index (χ1) is 11.3. The zero-order chi connectivity index (χ0) is 15.8. The van der Waals surface area contributed by atoms with E-state index < -0.39 is 7.12 Å². The minimum atomic E-state index is -1.51. The third kappa shape index (κ3) is 2.31. The molecule has 4 aromatic rings. The highest BCUT2D eigenvalue weighted by Crippen LogP contribution is 2.32. The van der Waals surface area contributed by atoms with Crippen LogP contribution in [0.5, 0.6) is 0 Å². The lowest BCUT2D eigenvalue weighted by molar-refractivity contribution is 0.426. The lowest BCUT2D eigenvalue weighted by Crippen LogP contribution is -2.31. The van der Waals surface area contributed by atoms with Gasteiger partial charge in [0, 0.05) is 0 Å². The number of benzene rings is 4. The van der Waals surface area contributed by atoms with E-state index in [0.29, 0.717) is 5.46 Å². The molecule has 0 atom stereocenters. The monoisotopic (exact) mass is 298 g/mol. The Morgan fingerprint density at radius 2 is 1.17 bits per heavy atom. The van der Waals surface area contributed by atoms with Gasteiger partial charge in [-0.05, 0) is 38.1 Å². The molecule has 23 heavy (non-hydrogen) atoms. The minimum Gasteiger partial charge on any atom is -0.423 e. The predicted octanol–water partition coefficient (Wildman–Crippen LogP) is 3.34. The molecule has 0 fully saturated rings. The van der Waals surface area contributed by atoms with E-state index in [2.05, 4.69) is 18.2 Å². The fourth-order valence-corrected chi connectivity index (χ4v) is 3.25. The Labute approximate surface area is 134 Å². The van der Waals surface area contributed by atoms with Gasteiger partial charge in [0.1, 0.15) is 0 Å². The molecule has 0 aliphatic carbocycles. The lowest BCUT2D eigenvalue weighted by atomic mass is 9.73. The molecular formula is C20H15BO2. The topological polar surface area (TPSA) is 40.5 Å². The van der Waals surface area contributed by atoms with Crippen molar-refractivity contribution in [3.8, 4) is 11.1 Å². The summed E-state index contributed by atoms with van der Waals surface area (Å²) in [4.78, 5) is 0. The van der Waals surface area contributed by atoms with Gasteiger partial charge in [0.15, 0.2) is 0 Å². The van der Waals surface area contributed by atoms with Crippen molar-refractivity contribution in [1.29, 1.82) is 0 Å². The number of hydrogen-bond acceptors (Lipinski definition) is 2. The van der Waals surface area contributed by atoms with Crippen molar-refractivity contribution in [3.63, 3.8) is 0 Å². The summed E-state index contributed by atoms with van der Waals surface area (Å²) in [5.41, 5.74) is 2.43. The van der Waals surface area contributed by atoms with Crippen LogP contribution in [0.25, 0.3) is 32.7 Å². The highest BCUT2D eigenvalue weighted by atomic mass is 16.4. The second-order valence-corrected chi connectivity index (χ2v) is 5.65. The minimum absolute atomic E-state index is 0.528. The van der Waals surface area contributed by atoms with E-state index in [1.54, 1.807) is 6.07 Å². The Hall–Kier alpha value is -2.62. The molecule has 0 heterocycles. The fourth-order valence-electron chi connectivity index (χ4n) is 3.25. The molecule has 2 nitrogen and oxygen atoms in total. The van der Waals surface area contributed by atoms with Crippen LogP contribution in [0.3, 0.4) is 0 Å². The Bertz CT molecular complexity index is 1000. The summed E-state index contributed by atoms with van der Waals surface area (Å²) in [6, 6.07) is 26.0. The Morgan fingerprint density at radius 1 is 0.565 bits per heavy atom. The molecule has 4 aromatic carbocycles. The Balaban J connectivity index is 2.17. The fraction of sp³-hybridized carbons (Fsp3) is 0. The van der Waals surface area contributed by atoms with Crippen molar-refractivity contribution in [2.75, 3.05) is 0 Å². The summed E-state index contributed by atoms with van der Waals surface area (Å²) in [6.45, 7) is 0.